The van der Waals surface area contributed by atoms with Crippen LogP contribution in [-0.2, 0) is 13.0 Å². The van der Waals surface area contributed by atoms with Crippen LogP contribution in [0.25, 0.3) is 5.69 Å². The summed E-state index contributed by atoms with van der Waals surface area (Å²) in [6.07, 6.45) is 6.66. The zero-order valence-electron chi connectivity index (χ0n) is 13.5. The van der Waals surface area contributed by atoms with Crippen LogP contribution < -0.4 is 5.73 Å². The van der Waals surface area contributed by atoms with Gasteiger partial charge in [0.15, 0.2) is 0 Å². The van der Waals surface area contributed by atoms with Gasteiger partial charge in [0.2, 0.25) is 0 Å². The molecule has 24 heavy (non-hydrogen) atoms. The molecule has 0 fully saturated rings. The van der Waals surface area contributed by atoms with Gasteiger partial charge < -0.3 is 10.3 Å². The first-order valence-electron chi connectivity index (χ1n) is 7.87. The molecule has 2 heterocycles. The van der Waals surface area contributed by atoms with Gasteiger partial charge in [0.25, 0.3) is 0 Å². The molecule has 0 aliphatic rings. The minimum atomic E-state index is 0. The van der Waals surface area contributed by atoms with E-state index in [-0.39, 0.29) is 12.4 Å². The third-order valence-electron chi connectivity index (χ3n) is 3.83. The zero-order chi connectivity index (χ0) is 15.9. The number of thiophene rings is 1. The fraction of sp³-hybridized carbons (Fsp3) is 0.278. The Hall–Kier alpha value is -1.66. The van der Waals surface area contributed by atoms with Crippen molar-refractivity contribution in [3.05, 3.63) is 70.9 Å². The topological polar surface area (TPSA) is 47.1 Å². The number of nitrogens with zero attached hydrogens (tertiary/aromatic N) is 3. The smallest absolute Gasteiger partial charge is 0.0991 e. The molecular formula is C18H23ClN4S. The van der Waals surface area contributed by atoms with E-state index in [1.165, 1.54) is 16.1 Å². The van der Waals surface area contributed by atoms with Crippen molar-refractivity contribution in [2.24, 2.45) is 5.73 Å². The van der Waals surface area contributed by atoms with Crippen LogP contribution >= 0.6 is 23.7 Å². The summed E-state index contributed by atoms with van der Waals surface area (Å²) in [5.41, 5.74) is 8.34. The summed E-state index contributed by atoms with van der Waals surface area (Å²) in [5, 5.41) is 2.18. The Kier molecular flexibility index (Phi) is 7.46. The molecule has 0 saturated carbocycles. The van der Waals surface area contributed by atoms with Crippen molar-refractivity contribution < 1.29 is 0 Å². The molecular weight excluding hydrogens is 340 g/mol. The van der Waals surface area contributed by atoms with Crippen molar-refractivity contribution >= 4 is 23.7 Å². The SMILES string of the molecule is Cl.NCCN(CCc1ccccc1)Cc1cc(-n2ccnc2)cs1. The van der Waals surface area contributed by atoms with Gasteiger partial charge in [0.05, 0.1) is 12.0 Å². The molecule has 2 aromatic heterocycles. The Labute approximate surface area is 153 Å². The molecule has 0 unspecified atom stereocenters. The van der Waals surface area contributed by atoms with E-state index in [1.807, 2.05) is 17.1 Å². The second-order valence-electron chi connectivity index (χ2n) is 5.54. The maximum absolute atomic E-state index is 5.78. The Morgan fingerprint density at radius 1 is 1.17 bits per heavy atom. The summed E-state index contributed by atoms with van der Waals surface area (Å²) in [5.74, 6) is 0. The van der Waals surface area contributed by atoms with Gasteiger partial charge in [-0.25, -0.2) is 4.98 Å². The summed E-state index contributed by atoms with van der Waals surface area (Å²) < 4.78 is 2.04. The fourth-order valence-electron chi connectivity index (χ4n) is 2.60. The largest absolute Gasteiger partial charge is 0.329 e. The first kappa shape index (κ1) is 18.7. The lowest BCUT2D eigenvalue weighted by Crippen LogP contribution is -2.30. The number of nitrogens with two attached hydrogens (primary N) is 1. The van der Waals surface area contributed by atoms with Crippen molar-refractivity contribution in [2.75, 3.05) is 19.6 Å². The molecule has 128 valence electrons. The third kappa shape index (κ3) is 5.18. The molecule has 0 aliphatic carbocycles. The molecule has 3 rings (SSSR count). The second kappa shape index (κ2) is 9.59. The molecule has 0 spiro atoms. The Balaban J connectivity index is 0.00000208. The van der Waals surface area contributed by atoms with Crippen LogP contribution in [-0.4, -0.2) is 34.1 Å². The van der Waals surface area contributed by atoms with Gasteiger partial charge in [-0.05, 0) is 18.1 Å². The van der Waals surface area contributed by atoms with Crippen LogP contribution in [0.15, 0.2) is 60.5 Å². The van der Waals surface area contributed by atoms with Crippen molar-refractivity contribution in [3.63, 3.8) is 0 Å². The van der Waals surface area contributed by atoms with Gasteiger partial charge >= 0.3 is 0 Å². The molecule has 3 aromatic rings. The van der Waals surface area contributed by atoms with E-state index < -0.39 is 0 Å². The van der Waals surface area contributed by atoms with Gasteiger partial charge in [-0.15, -0.1) is 23.7 Å². The molecule has 0 radical (unpaired) electrons. The summed E-state index contributed by atoms with van der Waals surface area (Å²) in [4.78, 5) is 7.89. The molecule has 6 heteroatoms. The van der Waals surface area contributed by atoms with Gasteiger partial charge in [-0.2, -0.15) is 0 Å². The summed E-state index contributed by atoms with van der Waals surface area (Å²) >= 11 is 1.79. The fourth-order valence-corrected chi connectivity index (χ4v) is 3.51. The maximum Gasteiger partial charge on any atom is 0.0991 e. The van der Waals surface area contributed by atoms with Crippen LogP contribution in [0.3, 0.4) is 0 Å². The van der Waals surface area contributed by atoms with Crippen LogP contribution in [0, 0.1) is 0 Å². The summed E-state index contributed by atoms with van der Waals surface area (Å²) in [6.45, 7) is 3.59. The van der Waals surface area contributed by atoms with Crippen molar-refractivity contribution in [3.8, 4) is 5.69 Å². The Bertz CT molecular complexity index is 697. The van der Waals surface area contributed by atoms with E-state index in [0.717, 1.165) is 26.1 Å². The predicted molar refractivity (Wildman–Crippen MR) is 103 cm³/mol. The highest BCUT2D eigenvalue weighted by molar-refractivity contribution is 7.10. The summed E-state index contributed by atoms with van der Waals surface area (Å²) in [6, 6.07) is 12.9. The number of benzene rings is 1. The number of aromatic nitrogens is 2. The van der Waals surface area contributed by atoms with E-state index in [2.05, 4.69) is 51.7 Å². The lowest BCUT2D eigenvalue weighted by molar-refractivity contribution is 0.279. The monoisotopic (exact) mass is 362 g/mol. The maximum atomic E-state index is 5.78. The molecule has 0 amide bonds. The van der Waals surface area contributed by atoms with E-state index >= 15 is 0 Å². The quantitative estimate of drug-likeness (QED) is 0.668. The predicted octanol–water partition coefficient (Wildman–Crippen LogP) is 3.36. The third-order valence-corrected chi connectivity index (χ3v) is 4.74. The van der Waals surface area contributed by atoms with E-state index in [1.54, 1.807) is 17.5 Å². The summed E-state index contributed by atoms with van der Waals surface area (Å²) in [7, 11) is 0. The first-order chi connectivity index (χ1) is 11.3. The normalized spacial score (nSPS) is 10.8. The number of rotatable bonds is 8. The minimum absolute atomic E-state index is 0. The second-order valence-corrected chi connectivity index (χ2v) is 6.54. The first-order valence-corrected chi connectivity index (χ1v) is 8.75. The van der Waals surface area contributed by atoms with Crippen LogP contribution in [0.4, 0.5) is 0 Å². The van der Waals surface area contributed by atoms with E-state index in [9.17, 15) is 0 Å². The van der Waals surface area contributed by atoms with Crippen molar-refractivity contribution in [1.29, 1.82) is 0 Å². The molecule has 0 aliphatic heterocycles. The molecule has 0 bridgehead atoms. The van der Waals surface area contributed by atoms with Gasteiger partial charge in [-0.3, -0.25) is 4.90 Å². The van der Waals surface area contributed by atoms with Gasteiger partial charge in [0, 0.05) is 48.8 Å². The Morgan fingerprint density at radius 2 is 2.00 bits per heavy atom. The average molecular weight is 363 g/mol. The Morgan fingerprint density at radius 3 is 2.71 bits per heavy atom. The minimum Gasteiger partial charge on any atom is -0.329 e. The highest BCUT2D eigenvalue weighted by Crippen LogP contribution is 2.20. The number of hydrogen-bond donors (Lipinski definition) is 1. The molecule has 0 atom stereocenters. The molecule has 0 saturated heterocycles. The number of imidazole rings is 1. The van der Waals surface area contributed by atoms with Gasteiger partial charge in [-0.1, -0.05) is 30.3 Å². The number of halogens is 1. The van der Waals surface area contributed by atoms with Crippen LogP contribution in [0.5, 0.6) is 0 Å². The number of hydrogen-bond acceptors (Lipinski definition) is 4. The molecule has 4 nitrogen and oxygen atoms in total. The van der Waals surface area contributed by atoms with Crippen LogP contribution in [0.1, 0.15) is 10.4 Å². The van der Waals surface area contributed by atoms with Crippen molar-refractivity contribution in [1.82, 2.24) is 14.5 Å². The highest BCUT2D eigenvalue weighted by Gasteiger charge is 2.08. The molecule has 2 N–H and O–H groups in total. The lowest BCUT2D eigenvalue weighted by atomic mass is 10.1. The lowest BCUT2D eigenvalue weighted by Gasteiger charge is -2.20. The van der Waals surface area contributed by atoms with Crippen LogP contribution in [0.2, 0.25) is 0 Å². The zero-order valence-corrected chi connectivity index (χ0v) is 15.2. The van der Waals surface area contributed by atoms with E-state index in [0.29, 0.717) is 6.54 Å². The van der Waals surface area contributed by atoms with Gasteiger partial charge in [0.1, 0.15) is 0 Å². The highest BCUT2D eigenvalue weighted by atomic mass is 35.5. The average Bonchev–Trinajstić information content (AvgIpc) is 3.25. The van der Waals surface area contributed by atoms with E-state index in [4.69, 9.17) is 5.73 Å². The standard InChI is InChI=1S/C18H22N4S.ClH/c19-7-10-21(9-6-16-4-2-1-3-5-16)13-18-12-17(14-23-18)22-11-8-20-15-22;/h1-5,8,11-12,14-15H,6-7,9-10,13,19H2;1H. The van der Waals surface area contributed by atoms with Crippen molar-refractivity contribution in [2.45, 2.75) is 13.0 Å². The molecule has 1 aromatic carbocycles.